The number of methoxy groups -OCH3 is 1. The van der Waals surface area contributed by atoms with E-state index >= 15 is 0 Å². The van der Waals surface area contributed by atoms with Crippen LogP contribution >= 0.6 is 0 Å². The fourth-order valence-electron chi connectivity index (χ4n) is 2.73. The van der Waals surface area contributed by atoms with E-state index < -0.39 is 30.0 Å². The van der Waals surface area contributed by atoms with Crippen LogP contribution in [0.5, 0.6) is 0 Å². The number of amides is 2. The summed E-state index contributed by atoms with van der Waals surface area (Å²) in [4.78, 5) is 37.4. The molecule has 3 atom stereocenters. The number of hydrogen-bond donors (Lipinski definition) is 3. The molecule has 0 spiro atoms. The lowest BCUT2D eigenvalue weighted by atomic mass is 9.99. The number of nitrogens with two attached hydrogens (primary N) is 1. The summed E-state index contributed by atoms with van der Waals surface area (Å²) in [6.07, 6.45) is 0.731. The van der Waals surface area contributed by atoms with Gasteiger partial charge in [-0.05, 0) is 23.8 Å². The summed E-state index contributed by atoms with van der Waals surface area (Å²) in [5.41, 5.74) is 6.79. The van der Waals surface area contributed by atoms with E-state index in [0.29, 0.717) is 12.8 Å². The number of esters is 1. The van der Waals surface area contributed by atoms with Gasteiger partial charge in [0.2, 0.25) is 11.8 Å². The van der Waals surface area contributed by atoms with Crippen molar-refractivity contribution >= 4 is 17.8 Å². The third-order valence-electron chi connectivity index (χ3n) is 4.45. The minimum Gasteiger partial charge on any atom is -0.467 e. The second kappa shape index (κ2) is 11.4. The van der Waals surface area contributed by atoms with Gasteiger partial charge in [-0.15, -0.1) is 0 Å². The Morgan fingerprint density at radius 3 is 2.04 bits per heavy atom. The van der Waals surface area contributed by atoms with Crippen molar-refractivity contribution in [2.45, 2.75) is 58.7 Å². The minimum atomic E-state index is -0.842. The number of hydrogen-bond acceptors (Lipinski definition) is 5. The molecule has 7 heteroatoms. The van der Waals surface area contributed by atoms with E-state index in [-0.39, 0.29) is 17.7 Å². The van der Waals surface area contributed by atoms with Crippen LogP contribution in [0.3, 0.4) is 0 Å². The quantitative estimate of drug-likeness (QED) is 0.522. The number of carbonyl (C=O) groups excluding carboxylic acids is 3. The lowest BCUT2D eigenvalue weighted by molar-refractivity contribution is -0.145. The zero-order valence-electron chi connectivity index (χ0n) is 17.4. The van der Waals surface area contributed by atoms with Gasteiger partial charge in [-0.1, -0.05) is 58.0 Å². The van der Waals surface area contributed by atoms with Gasteiger partial charge in [-0.2, -0.15) is 0 Å². The summed E-state index contributed by atoms with van der Waals surface area (Å²) < 4.78 is 4.84. The fraction of sp³-hybridized carbons (Fsp3) is 0.571. The molecule has 1 rings (SSSR count). The normalized spacial score (nSPS) is 14.3. The highest BCUT2D eigenvalue weighted by atomic mass is 16.5. The third-order valence-corrected chi connectivity index (χ3v) is 4.45. The predicted octanol–water partition coefficient (Wildman–Crippen LogP) is 1.40. The second-order valence-electron chi connectivity index (χ2n) is 7.73. The van der Waals surface area contributed by atoms with Gasteiger partial charge in [0.05, 0.1) is 13.2 Å². The first-order chi connectivity index (χ1) is 13.1. The van der Waals surface area contributed by atoms with Gasteiger partial charge in [-0.25, -0.2) is 4.79 Å². The molecule has 0 aliphatic carbocycles. The van der Waals surface area contributed by atoms with Gasteiger partial charge >= 0.3 is 5.97 Å². The molecule has 0 fully saturated rings. The molecule has 0 unspecified atom stereocenters. The van der Waals surface area contributed by atoms with E-state index in [0.717, 1.165) is 5.56 Å². The smallest absolute Gasteiger partial charge is 0.328 e. The first-order valence-corrected chi connectivity index (χ1v) is 9.63. The van der Waals surface area contributed by atoms with Crippen molar-refractivity contribution in [1.29, 1.82) is 0 Å². The molecule has 0 heterocycles. The SMILES string of the molecule is COC(=O)[C@H](Cc1ccccc1)NC(=O)[C@@H](CC(C)C)NC(=O)[C@H](N)C(C)C. The van der Waals surface area contributed by atoms with Crippen molar-refractivity contribution in [3.63, 3.8) is 0 Å². The first-order valence-electron chi connectivity index (χ1n) is 9.63. The number of ether oxygens (including phenoxy) is 1. The van der Waals surface area contributed by atoms with Gasteiger partial charge in [0.25, 0.3) is 0 Å². The van der Waals surface area contributed by atoms with Crippen LogP contribution in [0.2, 0.25) is 0 Å². The summed E-state index contributed by atoms with van der Waals surface area (Å²) in [5.74, 6) is -1.23. The number of carbonyl (C=O) groups is 3. The lowest BCUT2D eigenvalue weighted by Crippen LogP contribution is -2.56. The molecule has 7 nitrogen and oxygen atoms in total. The predicted molar refractivity (Wildman–Crippen MR) is 108 cm³/mol. The minimum absolute atomic E-state index is 0.0522. The molecular formula is C21H33N3O4. The maximum atomic E-state index is 12.9. The van der Waals surface area contributed by atoms with Crippen LogP contribution in [-0.4, -0.2) is 43.0 Å². The Morgan fingerprint density at radius 2 is 1.54 bits per heavy atom. The molecule has 0 aliphatic heterocycles. The van der Waals surface area contributed by atoms with Gasteiger partial charge in [0, 0.05) is 6.42 Å². The molecule has 156 valence electrons. The molecule has 0 saturated carbocycles. The highest BCUT2D eigenvalue weighted by Crippen LogP contribution is 2.09. The van der Waals surface area contributed by atoms with Crippen LogP contribution in [0.25, 0.3) is 0 Å². The summed E-state index contributed by atoms with van der Waals surface area (Å²) in [7, 11) is 1.28. The maximum absolute atomic E-state index is 12.9. The van der Waals surface area contributed by atoms with Crippen molar-refractivity contribution < 1.29 is 19.1 Å². The maximum Gasteiger partial charge on any atom is 0.328 e. The molecule has 0 aliphatic rings. The lowest BCUT2D eigenvalue weighted by Gasteiger charge is -2.25. The highest BCUT2D eigenvalue weighted by Gasteiger charge is 2.29. The molecule has 0 bridgehead atoms. The molecule has 0 saturated heterocycles. The molecule has 0 radical (unpaired) electrons. The van der Waals surface area contributed by atoms with E-state index in [1.807, 2.05) is 58.0 Å². The number of benzene rings is 1. The van der Waals surface area contributed by atoms with Crippen LogP contribution < -0.4 is 16.4 Å². The molecular weight excluding hydrogens is 358 g/mol. The van der Waals surface area contributed by atoms with E-state index in [9.17, 15) is 14.4 Å². The molecule has 2 amide bonds. The molecule has 4 N–H and O–H groups in total. The fourth-order valence-corrected chi connectivity index (χ4v) is 2.73. The number of rotatable bonds is 10. The van der Waals surface area contributed by atoms with E-state index in [2.05, 4.69) is 10.6 Å². The topological polar surface area (TPSA) is 111 Å². The zero-order valence-corrected chi connectivity index (χ0v) is 17.4. The zero-order chi connectivity index (χ0) is 21.3. The van der Waals surface area contributed by atoms with Crippen LogP contribution in [0, 0.1) is 11.8 Å². The van der Waals surface area contributed by atoms with Crippen LogP contribution in [-0.2, 0) is 25.5 Å². The summed E-state index contributed by atoms with van der Waals surface area (Å²) in [6.45, 7) is 7.59. The summed E-state index contributed by atoms with van der Waals surface area (Å²) in [5, 5.41) is 5.45. The Labute approximate surface area is 167 Å². The van der Waals surface area contributed by atoms with Gasteiger partial charge in [-0.3, -0.25) is 9.59 Å². The Morgan fingerprint density at radius 1 is 0.964 bits per heavy atom. The van der Waals surface area contributed by atoms with Gasteiger partial charge in [0.15, 0.2) is 0 Å². The Hall–Kier alpha value is -2.41. The Kier molecular flexibility index (Phi) is 9.65. The van der Waals surface area contributed by atoms with E-state index in [4.69, 9.17) is 10.5 Å². The van der Waals surface area contributed by atoms with Crippen molar-refractivity contribution in [2.24, 2.45) is 17.6 Å². The third kappa shape index (κ3) is 7.68. The van der Waals surface area contributed by atoms with Crippen molar-refractivity contribution in [1.82, 2.24) is 10.6 Å². The molecule has 0 aromatic heterocycles. The Balaban J connectivity index is 2.91. The molecule has 28 heavy (non-hydrogen) atoms. The number of nitrogens with one attached hydrogen (secondary N) is 2. The van der Waals surface area contributed by atoms with Crippen molar-refractivity contribution in [3.05, 3.63) is 35.9 Å². The second-order valence-corrected chi connectivity index (χ2v) is 7.73. The van der Waals surface area contributed by atoms with E-state index in [1.165, 1.54) is 7.11 Å². The summed E-state index contributed by atoms with van der Waals surface area (Å²) >= 11 is 0. The van der Waals surface area contributed by atoms with Gasteiger partial charge in [0.1, 0.15) is 12.1 Å². The summed E-state index contributed by atoms with van der Waals surface area (Å²) in [6, 6.07) is 7.02. The van der Waals surface area contributed by atoms with Crippen molar-refractivity contribution in [2.75, 3.05) is 7.11 Å². The average Bonchev–Trinajstić information content (AvgIpc) is 2.65. The average molecular weight is 392 g/mol. The molecule has 1 aromatic rings. The van der Waals surface area contributed by atoms with Crippen molar-refractivity contribution in [3.8, 4) is 0 Å². The van der Waals surface area contributed by atoms with Gasteiger partial charge < -0.3 is 21.1 Å². The largest absolute Gasteiger partial charge is 0.467 e. The standard InChI is InChI=1S/C21H33N3O4/c1-13(2)11-16(23-20(26)18(22)14(3)4)19(25)24-17(21(27)28-5)12-15-9-7-6-8-10-15/h6-10,13-14,16-18H,11-12,22H2,1-5H3,(H,23,26)(H,24,25)/t16-,17+,18-/m1/s1. The van der Waals surface area contributed by atoms with Crippen LogP contribution in [0.1, 0.15) is 39.7 Å². The van der Waals surface area contributed by atoms with Crippen LogP contribution in [0.4, 0.5) is 0 Å². The van der Waals surface area contributed by atoms with E-state index in [1.54, 1.807) is 0 Å². The van der Waals surface area contributed by atoms with Crippen LogP contribution in [0.15, 0.2) is 30.3 Å². The highest BCUT2D eigenvalue weighted by molar-refractivity contribution is 5.92. The first kappa shape index (κ1) is 23.6. The monoisotopic (exact) mass is 391 g/mol. The Bertz CT molecular complexity index is 646. The molecule has 1 aromatic carbocycles.